The van der Waals surface area contributed by atoms with Crippen molar-refractivity contribution in [1.82, 2.24) is 0 Å². The lowest BCUT2D eigenvalue weighted by Crippen LogP contribution is -2.21. The summed E-state index contributed by atoms with van der Waals surface area (Å²) in [5.74, 6) is -1.33. The molecule has 4 heteroatoms. The molecule has 1 atom stereocenters. The Kier molecular flexibility index (Phi) is 3.45. The van der Waals surface area contributed by atoms with Crippen molar-refractivity contribution in [3.8, 4) is 5.75 Å². The lowest BCUT2D eigenvalue weighted by Gasteiger charge is -2.10. The highest BCUT2D eigenvalue weighted by molar-refractivity contribution is 5.71. The highest BCUT2D eigenvalue weighted by atomic mass is 19.1. The first kappa shape index (κ1) is 10.5. The summed E-state index contributed by atoms with van der Waals surface area (Å²) in [6.07, 6.45) is -1.63. The van der Waals surface area contributed by atoms with Crippen molar-refractivity contribution in [3.63, 3.8) is 0 Å². The molecule has 0 aliphatic heterocycles. The maximum absolute atomic E-state index is 12.7. The fourth-order valence-corrected chi connectivity index (χ4v) is 1.07. The maximum Gasteiger partial charge on any atom is 0.378 e. The molecule has 0 fully saturated rings. The van der Waals surface area contributed by atoms with E-state index in [4.69, 9.17) is 5.11 Å². The largest absolute Gasteiger partial charge is 0.476 e. The zero-order valence-electron chi connectivity index (χ0n) is 7.74. The number of carboxylic acids is 1. The van der Waals surface area contributed by atoms with E-state index < -0.39 is 12.3 Å². The van der Waals surface area contributed by atoms with Gasteiger partial charge in [-0.05, 0) is 18.1 Å². The number of aliphatic carboxylic acids is 1. The molecular formula is C10H11FO3. The number of hydrogen-bond donors (Lipinski definition) is 1. The van der Waals surface area contributed by atoms with E-state index in [1.165, 1.54) is 0 Å². The van der Waals surface area contributed by atoms with Gasteiger partial charge >= 0.3 is 12.3 Å². The lowest BCUT2D eigenvalue weighted by molar-refractivity contribution is -0.153. The van der Waals surface area contributed by atoms with Gasteiger partial charge in [-0.25, -0.2) is 4.79 Å². The Balaban J connectivity index is 2.80. The van der Waals surface area contributed by atoms with Gasteiger partial charge in [-0.2, -0.15) is 4.39 Å². The van der Waals surface area contributed by atoms with Gasteiger partial charge in [0.05, 0.1) is 0 Å². The number of alkyl halides is 1. The Hall–Kier alpha value is -1.58. The Labute approximate surface area is 81.1 Å². The standard InChI is InChI=1S/C10H11FO3/c1-2-7-5-3-4-6-8(7)14-9(11)10(12)13/h3-6,9H,2H2,1H3,(H,12,13). The quantitative estimate of drug-likeness (QED) is 0.804. The van der Waals surface area contributed by atoms with E-state index in [0.717, 1.165) is 5.56 Å². The summed E-state index contributed by atoms with van der Waals surface area (Å²) >= 11 is 0. The van der Waals surface area contributed by atoms with E-state index in [0.29, 0.717) is 6.42 Å². The van der Waals surface area contributed by atoms with Crippen LogP contribution in [-0.2, 0) is 11.2 Å². The predicted octanol–water partition coefficient (Wildman–Crippen LogP) is 2.01. The summed E-state index contributed by atoms with van der Waals surface area (Å²) in [6.45, 7) is 1.89. The topological polar surface area (TPSA) is 46.5 Å². The van der Waals surface area contributed by atoms with Crippen LogP contribution in [0.15, 0.2) is 24.3 Å². The summed E-state index contributed by atoms with van der Waals surface area (Å²) in [6, 6.07) is 6.78. The molecule has 0 spiro atoms. The average molecular weight is 198 g/mol. The fraction of sp³-hybridized carbons (Fsp3) is 0.300. The molecule has 1 aromatic rings. The molecule has 1 rings (SSSR count). The van der Waals surface area contributed by atoms with Crippen molar-refractivity contribution in [2.45, 2.75) is 19.7 Å². The second-order valence-corrected chi connectivity index (χ2v) is 2.73. The molecule has 1 unspecified atom stereocenters. The van der Waals surface area contributed by atoms with Crippen LogP contribution in [0.4, 0.5) is 4.39 Å². The van der Waals surface area contributed by atoms with Gasteiger partial charge in [0.2, 0.25) is 0 Å². The van der Waals surface area contributed by atoms with E-state index in [-0.39, 0.29) is 5.75 Å². The highest BCUT2D eigenvalue weighted by Gasteiger charge is 2.18. The third-order valence-electron chi connectivity index (χ3n) is 1.78. The maximum atomic E-state index is 12.7. The van der Waals surface area contributed by atoms with Crippen LogP contribution < -0.4 is 4.74 Å². The summed E-state index contributed by atoms with van der Waals surface area (Å²) in [5.41, 5.74) is 0.788. The number of para-hydroxylation sites is 1. The number of carboxylic acid groups (broad SMARTS) is 1. The molecule has 0 saturated heterocycles. The van der Waals surface area contributed by atoms with Gasteiger partial charge in [-0.15, -0.1) is 0 Å². The molecule has 1 N–H and O–H groups in total. The molecule has 0 heterocycles. The second-order valence-electron chi connectivity index (χ2n) is 2.73. The number of carbonyl (C=O) groups is 1. The molecule has 0 aromatic heterocycles. The van der Waals surface area contributed by atoms with E-state index in [1.807, 2.05) is 6.92 Å². The third kappa shape index (κ3) is 2.45. The van der Waals surface area contributed by atoms with Crippen molar-refractivity contribution in [1.29, 1.82) is 0 Å². The zero-order chi connectivity index (χ0) is 10.6. The highest BCUT2D eigenvalue weighted by Crippen LogP contribution is 2.19. The van der Waals surface area contributed by atoms with Crippen LogP contribution in [-0.4, -0.2) is 17.4 Å². The SMILES string of the molecule is CCc1ccccc1OC(F)C(=O)O. The second kappa shape index (κ2) is 4.60. The first-order chi connectivity index (χ1) is 6.65. The Bertz CT molecular complexity index is 325. The summed E-state index contributed by atoms with van der Waals surface area (Å²) in [7, 11) is 0. The Morgan fingerprint density at radius 1 is 1.57 bits per heavy atom. The molecule has 0 aliphatic carbocycles. The number of hydrogen-bond acceptors (Lipinski definition) is 2. The zero-order valence-corrected chi connectivity index (χ0v) is 7.74. The molecule has 14 heavy (non-hydrogen) atoms. The van der Waals surface area contributed by atoms with Crippen LogP contribution in [0.3, 0.4) is 0 Å². The van der Waals surface area contributed by atoms with E-state index >= 15 is 0 Å². The van der Waals surface area contributed by atoms with Crippen LogP contribution in [0.1, 0.15) is 12.5 Å². The van der Waals surface area contributed by atoms with Gasteiger partial charge in [-0.1, -0.05) is 25.1 Å². The fourth-order valence-electron chi connectivity index (χ4n) is 1.07. The van der Waals surface area contributed by atoms with Gasteiger partial charge in [0.1, 0.15) is 5.75 Å². The van der Waals surface area contributed by atoms with Crippen LogP contribution in [0.5, 0.6) is 5.75 Å². The molecule has 0 saturated carbocycles. The molecule has 3 nitrogen and oxygen atoms in total. The van der Waals surface area contributed by atoms with Crippen molar-refractivity contribution in [3.05, 3.63) is 29.8 Å². The molecule has 0 amide bonds. The molecular weight excluding hydrogens is 187 g/mol. The van der Waals surface area contributed by atoms with Crippen molar-refractivity contribution in [2.24, 2.45) is 0 Å². The van der Waals surface area contributed by atoms with Crippen molar-refractivity contribution >= 4 is 5.97 Å². The van der Waals surface area contributed by atoms with Gasteiger partial charge in [0.25, 0.3) is 0 Å². The molecule has 1 aromatic carbocycles. The predicted molar refractivity (Wildman–Crippen MR) is 49.0 cm³/mol. The molecule has 0 bridgehead atoms. The summed E-state index contributed by atoms with van der Waals surface area (Å²) in [5, 5.41) is 8.31. The normalized spacial score (nSPS) is 12.1. The number of benzene rings is 1. The van der Waals surface area contributed by atoms with Gasteiger partial charge in [0.15, 0.2) is 0 Å². The molecule has 0 aliphatic rings. The van der Waals surface area contributed by atoms with Gasteiger partial charge in [-0.3, -0.25) is 0 Å². The Morgan fingerprint density at radius 3 is 2.79 bits per heavy atom. The number of aryl methyl sites for hydroxylation is 1. The first-order valence-electron chi connectivity index (χ1n) is 4.26. The van der Waals surface area contributed by atoms with Gasteiger partial charge in [0, 0.05) is 0 Å². The Morgan fingerprint density at radius 2 is 2.21 bits per heavy atom. The monoisotopic (exact) mass is 198 g/mol. The minimum atomic E-state index is -2.30. The lowest BCUT2D eigenvalue weighted by atomic mass is 10.1. The average Bonchev–Trinajstić information content (AvgIpc) is 2.18. The number of rotatable bonds is 4. The smallest absolute Gasteiger partial charge is 0.378 e. The van der Waals surface area contributed by atoms with Crippen LogP contribution >= 0.6 is 0 Å². The van der Waals surface area contributed by atoms with Crippen molar-refractivity contribution in [2.75, 3.05) is 0 Å². The third-order valence-corrected chi connectivity index (χ3v) is 1.78. The van der Waals surface area contributed by atoms with Crippen LogP contribution in [0.2, 0.25) is 0 Å². The minimum absolute atomic E-state index is 0.282. The van der Waals surface area contributed by atoms with E-state index in [2.05, 4.69) is 4.74 Å². The number of halogens is 1. The first-order valence-corrected chi connectivity index (χ1v) is 4.26. The van der Waals surface area contributed by atoms with E-state index in [1.54, 1.807) is 24.3 Å². The van der Waals surface area contributed by atoms with Crippen LogP contribution in [0, 0.1) is 0 Å². The summed E-state index contributed by atoms with van der Waals surface area (Å²) < 4.78 is 17.3. The number of ether oxygens (including phenoxy) is 1. The van der Waals surface area contributed by atoms with Crippen LogP contribution in [0.25, 0.3) is 0 Å². The molecule has 76 valence electrons. The van der Waals surface area contributed by atoms with Crippen molar-refractivity contribution < 1.29 is 19.0 Å². The summed E-state index contributed by atoms with van der Waals surface area (Å²) in [4.78, 5) is 10.2. The molecule has 0 radical (unpaired) electrons. The minimum Gasteiger partial charge on any atom is -0.476 e. The van der Waals surface area contributed by atoms with E-state index in [9.17, 15) is 9.18 Å². The van der Waals surface area contributed by atoms with Gasteiger partial charge < -0.3 is 9.84 Å².